The number of piperidine rings is 1. The molecule has 6 aliphatic rings. The first-order valence-corrected chi connectivity index (χ1v) is 18.8. The molecule has 0 radical (unpaired) electrons. The maximum absolute atomic E-state index is 3.31. The number of aromatic nitrogens is 1. The number of rotatable bonds is 2. The third-order valence-electron chi connectivity index (χ3n) is 13.5. The van der Waals surface area contributed by atoms with Crippen molar-refractivity contribution in [3.8, 4) is 5.69 Å². The lowest BCUT2D eigenvalue weighted by Crippen LogP contribution is -2.72. The van der Waals surface area contributed by atoms with E-state index in [1.54, 1.807) is 5.56 Å². The van der Waals surface area contributed by atoms with Gasteiger partial charge in [0.2, 0.25) is 0 Å². The van der Waals surface area contributed by atoms with Gasteiger partial charge >= 0.3 is 0 Å². The third kappa shape index (κ3) is 3.83. The van der Waals surface area contributed by atoms with E-state index in [0.717, 1.165) is 58.2 Å². The Morgan fingerprint density at radius 2 is 1.33 bits per heavy atom. The second-order valence-corrected chi connectivity index (χ2v) is 16.6. The molecule has 0 bridgehead atoms. The van der Waals surface area contributed by atoms with Crippen molar-refractivity contribution in [2.75, 3.05) is 0 Å². The van der Waals surface area contributed by atoms with Crippen LogP contribution in [0.25, 0.3) is 27.5 Å². The number of benzene rings is 3. The van der Waals surface area contributed by atoms with Crippen molar-refractivity contribution in [1.82, 2.24) is 9.47 Å². The second-order valence-electron chi connectivity index (χ2n) is 15.1. The Hall–Kier alpha value is -2.23. The summed E-state index contributed by atoms with van der Waals surface area (Å²) in [7, 11) is 0. The number of nitrogens with zero attached hydrogens (tertiary/aromatic N) is 2. The van der Waals surface area contributed by atoms with Crippen molar-refractivity contribution in [2.24, 2.45) is 23.7 Å². The number of thioether (sulfide) groups is 1. The van der Waals surface area contributed by atoms with Gasteiger partial charge in [0.25, 0.3) is 0 Å². The number of hydrogen-bond donors (Lipinski definition) is 0. The van der Waals surface area contributed by atoms with E-state index in [2.05, 4.69) is 94.0 Å². The smallest absolute Gasteiger partial charge is 0.0541 e. The van der Waals surface area contributed by atoms with Crippen LogP contribution in [0.4, 0.5) is 0 Å². The predicted molar refractivity (Wildman–Crippen MR) is 181 cm³/mol. The second kappa shape index (κ2) is 10.1. The van der Waals surface area contributed by atoms with Gasteiger partial charge in [-0.15, -0.1) is 0 Å². The highest BCUT2D eigenvalue weighted by Crippen LogP contribution is 2.62. The minimum Gasteiger partial charge on any atom is -0.309 e. The molecule has 0 spiro atoms. The molecule has 2 saturated heterocycles. The van der Waals surface area contributed by atoms with Crippen LogP contribution in [0.15, 0.2) is 72.8 Å². The maximum atomic E-state index is 3.31. The summed E-state index contributed by atoms with van der Waals surface area (Å²) >= 11 is 2.48. The Bertz CT molecular complexity index is 1660. The zero-order valence-electron chi connectivity index (χ0n) is 25.5. The molecule has 2 nitrogen and oxygen atoms in total. The molecule has 1 aromatic heterocycles. The van der Waals surface area contributed by atoms with E-state index in [1.165, 1.54) is 105 Å². The van der Waals surface area contributed by atoms with Gasteiger partial charge in [-0.25, -0.2) is 0 Å². The lowest BCUT2D eigenvalue weighted by molar-refractivity contribution is -0.142. The fourth-order valence-electron chi connectivity index (χ4n) is 12.1. The first-order valence-electron chi connectivity index (χ1n) is 17.9. The average molecular weight is 587 g/mol. The minimum atomic E-state index is 0.726. The summed E-state index contributed by atoms with van der Waals surface area (Å²) in [5.41, 5.74) is 5.59. The molecule has 3 aromatic carbocycles. The van der Waals surface area contributed by atoms with Crippen LogP contribution >= 0.6 is 11.8 Å². The van der Waals surface area contributed by atoms with Crippen LogP contribution in [-0.2, 0) is 0 Å². The van der Waals surface area contributed by atoms with E-state index in [0.29, 0.717) is 0 Å². The third-order valence-corrected chi connectivity index (χ3v) is 15.2. The number of fused-ring (bicyclic) bond motifs is 7. The molecule has 222 valence electrons. The van der Waals surface area contributed by atoms with E-state index in [9.17, 15) is 0 Å². The van der Waals surface area contributed by atoms with Gasteiger partial charge in [-0.2, -0.15) is 11.8 Å². The molecule has 10 unspecified atom stereocenters. The molecular formula is C40H46N2S. The largest absolute Gasteiger partial charge is 0.309 e. The Balaban J connectivity index is 1.06. The molecule has 2 aliphatic heterocycles. The number of para-hydroxylation sites is 2. The van der Waals surface area contributed by atoms with Gasteiger partial charge in [-0.1, -0.05) is 68.1 Å². The van der Waals surface area contributed by atoms with Crippen molar-refractivity contribution in [2.45, 2.75) is 112 Å². The van der Waals surface area contributed by atoms with Crippen LogP contribution in [0, 0.1) is 23.7 Å². The molecule has 3 heteroatoms. The topological polar surface area (TPSA) is 8.17 Å². The summed E-state index contributed by atoms with van der Waals surface area (Å²) < 4.78 is 2.48. The fraction of sp³-hybridized carbons (Fsp3) is 0.550. The lowest BCUT2D eigenvalue weighted by atomic mass is 9.51. The van der Waals surface area contributed by atoms with E-state index in [1.807, 2.05) is 0 Å². The van der Waals surface area contributed by atoms with Crippen LogP contribution in [0.1, 0.15) is 88.5 Å². The van der Waals surface area contributed by atoms with Gasteiger partial charge in [-0.3, -0.25) is 4.90 Å². The summed E-state index contributed by atoms with van der Waals surface area (Å²) in [6, 6.07) is 30.4. The summed E-state index contributed by atoms with van der Waals surface area (Å²) in [5, 5.41) is 4.71. The molecular weight excluding hydrogens is 541 g/mol. The maximum Gasteiger partial charge on any atom is 0.0541 e. The van der Waals surface area contributed by atoms with Crippen molar-refractivity contribution in [1.29, 1.82) is 0 Å². The number of hydrogen-bond acceptors (Lipinski definition) is 2. The van der Waals surface area contributed by atoms with Crippen LogP contribution in [-0.4, -0.2) is 38.1 Å². The first kappa shape index (κ1) is 26.0. The van der Waals surface area contributed by atoms with Crippen molar-refractivity contribution >= 4 is 33.6 Å². The quantitative estimate of drug-likeness (QED) is 0.231. The molecule has 4 aromatic rings. The predicted octanol–water partition coefficient (Wildman–Crippen LogP) is 9.97. The van der Waals surface area contributed by atoms with Gasteiger partial charge < -0.3 is 4.57 Å². The van der Waals surface area contributed by atoms with Crippen LogP contribution < -0.4 is 0 Å². The molecule has 10 rings (SSSR count). The average Bonchev–Trinajstić information content (AvgIpc) is 3.40. The van der Waals surface area contributed by atoms with Gasteiger partial charge in [-0.05, 0) is 117 Å². The van der Waals surface area contributed by atoms with Gasteiger partial charge in [0, 0.05) is 45.1 Å². The molecule has 4 aliphatic carbocycles. The zero-order valence-corrected chi connectivity index (χ0v) is 26.3. The van der Waals surface area contributed by atoms with E-state index in [4.69, 9.17) is 0 Å². The molecule has 0 N–H and O–H groups in total. The van der Waals surface area contributed by atoms with Crippen LogP contribution in [0.2, 0.25) is 0 Å². The fourth-order valence-corrected chi connectivity index (χ4v) is 14.1. The van der Waals surface area contributed by atoms with Crippen LogP contribution in [0.5, 0.6) is 0 Å². The van der Waals surface area contributed by atoms with Crippen molar-refractivity contribution in [3.63, 3.8) is 0 Å². The van der Waals surface area contributed by atoms with Crippen molar-refractivity contribution < 1.29 is 0 Å². The summed E-state index contributed by atoms with van der Waals surface area (Å²) in [5.74, 6) is 4.49. The molecule has 0 amide bonds. The van der Waals surface area contributed by atoms with Gasteiger partial charge in [0.1, 0.15) is 0 Å². The SMILES string of the molecule is c1ccc(-n2c3ccccc3c3cc(C4CCC5C6C4CCCC6C4CCCC6SC7CCCCC7N5C64)ccc32)cc1. The molecule has 43 heavy (non-hydrogen) atoms. The highest BCUT2D eigenvalue weighted by molar-refractivity contribution is 8.00. The Kier molecular flexibility index (Phi) is 6.14. The first-order chi connectivity index (χ1) is 21.3. The van der Waals surface area contributed by atoms with Crippen LogP contribution in [0.3, 0.4) is 0 Å². The Morgan fingerprint density at radius 3 is 2.28 bits per heavy atom. The van der Waals surface area contributed by atoms with Crippen molar-refractivity contribution in [3.05, 3.63) is 78.4 Å². The van der Waals surface area contributed by atoms with Gasteiger partial charge in [0.05, 0.1) is 11.0 Å². The highest BCUT2D eigenvalue weighted by Gasteiger charge is 2.61. The standard InChI is InChI=1S/C40H46N2S/c1-2-10-26(11-3-1)41-33-16-5-4-12-28(33)32-24-25(20-22-34(32)41)27-21-23-36-39-29(27)13-8-14-30(39)31-15-9-19-38-40(31)42(36)35-17-6-7-18-37(35)43-38/h1-5,10-12,16,20,22,24,27,29-31,35-40H,6-9,13-15,17-19,21,23H2. The summed E-state index contributed by atoms with van der Waals surface area (Å²) in [4.78, 5) is 3.31. The Morgan fingerprint density at radius 1 is 0.558 bits per heavy atom. The minimum absolute atomic E-state index is 0.726. The summed E-state index contributed by atoms with van der Waals surface area (Å²) in [6.45, 7) is 0. The summed E-state index contributed by atoms with van der Waals surface area (Å²) in [6.07, 6.45) is 17.7. The van der Waals surface area contributed by atoms with Gasteiger partial charge in [0.15, 0.2) is 0 Å². The zero-order chi connectivity index (χ0) is 28.1. The monoisotopic (exact) mass is 586 g/mol. The Labute approximate surface area is 261 Å². The highest BCUT2D eigenvalue weighted by atomic mass is 32.2. The molecule has 3 heterocycles. The molecule has 6 fully saturated rings. The lowest BCUT2D eigenvalue weighted by Gasteiger charge is -2.68. The van der Waals surface area contributed by atoms with E-state index in [-0.39, 0.29) is 0 Å². The van der Waals surface area contributed by atoms with E-state index < -0.39 is 0 Å². The normalized spacial score (nSPS) is 38.8. The molecule has 10 atom stereocenters. The molecule has 4 saturated carbocycles. The van der Waals surface area contributed by atoms with E-state index >= 15 is 0 Å².